The third-order valence-electron chi connectivity index (χ3n) is 4.66. The lowest BCUT2D eigenvalue weighted by Crippen LogP contribution is -2.44. The Labute approximate surface area is 157 Å². The van der Waals surface area contributed by atoms with Crippen LogP contribution in [0, 0.1) is 10.1 Å². The highest BCUT2D eigenvalue weighted by molar-refractivity contribution is 6.25. The van der Waals surface area contributed by atoms with Crippen molar-refractivity contribution in [2.24, 2.45) is 0 Å². The van der Waals surface area contributed by atoms with E-state index in [1.807, 2.05) is 13.8 Å². The zero-order valence-electron chi connectivity index (χ0n) is 14.6. The summed E-state index contributed by atoms with van der Waals surface area (Å²) in [5.41, 5.74) is 0.492. The second-order valence-electron chi connectivity index (χ2n) is 5.94. The summed E-state index contributed by atoms with van der Waals surface area (Å²) in [6.45, 7) is 6.52. The second-order valence-corrected chi connectivity index (χ2v) is 5.94. The molecule has 26 heavy (non-hydrogen) atoms. The first-order valence-corrected chi connectivity index (χ1v) is 8.27. The molecule has 2 amide bonds. The van der Waals surface area contributed by atoms with Gasteiger partial charge in [0.2, 0.25) is 0 Å². The van der Waals surface area contributed by atoms with Crippen LogP contribution in [0.1, 0.15) is 34.6 Å². The van der Waals surface area contributed by atoms with Gasteiger partial charge in [-0.3, -0.25) is 24.6 Å². The fourth-order valence-electron chi connectivity index (χ4n) is 3.23. The fraction of sp³-hybridized carbons (Fsp3) is 0.333. The van der Waals surface area contributed by atoms with Crippen molar-refractivity contribution in [3.05, 3.63) is 51.6 Å². The van der Waals surface area contributed by atoms with Gasteiger partial charge in [-0.2, -0.15) is 0 Å². The molecule has 1 aliphatic heterocycles. The van der Waals surface area contributed by atoms with Crippen LogP contribution in [0.3, 0.4) is 0 Å². The lowest BCUT2D eigenvalue weighted by molar-refractivity contribution is -0.384. The minimum absolute atomic E-state index is 0. The number of halogens is 1. The maximum atomic E-state index is 12.8. The molecule has 0 saturated heterocycles. The quantitative estimate of drug-likeness (QED) is 0.438. The summed E-state index contributed by atoms with van der Waals surface area (Å²) < 4.78 is 0. The van der Waals surface area contributed by atoms with E-state index in [2.05, 4.69) is 4.90 Å². The Hall–Kier alpha value is -2.51. The van der Waals surface area contributed by atoms with Crippen molar-refractivity contribution in [2.75, 3.05) is 26.2 Å². The topological polar surface area (TPSA) is 83.8 Å². The summed E-state index contributed by atoms with van der Waals surface area (Å²) in [6, 6.07) is 7.69. The molecule has 0 N–H and O–H groups in total. The van der Waals surface area contributed by atoms with Gasteiger partial charge in [-0.25, -0.2) is 0 Å². The van der Waals surface area contributed by atoms with E-state index < -0.39 is 10.8 Å². The zero-order valence-corrected chi connectivity index (χ0v) is 15.4. The molecule has 0 saturated carbocycles. The molecule has 7 nitrogen and oxygen atoms in total. The van der Waals surface area contributed by atoms with Crippen molar-refractivity contribution in [1.29, 1.82) is 0 Å². The molecule has 0 unspecified atom stereocenters. The van der Waals surface area contributed by atoms with Gasteiger partial charge >= 0.3 is 0 Å². The van der Waals surface area contributed by atoms with Crippen LogP contribution in [-0.2, 0) is 0 Å². The Balaban J connectivity index is 0.00000243. The van der Waals surface area contributed by atoms with Gasteiger partial charge < -0.3 is 4.90 Å². The van der Waals surface area contributed by atoms with Crippen LogP contribution in [0.25, 0.3) is 10.8 Å². The third kappa shape index (κ3) is 3.27. The lowest BCUT2D eigenvalue weighted by Gasteiger charge is -2.29. The number of nitro benzene ring substituents is 1. The smallest absolute Gasteiger partial charge is 0.270 e. The third-order valence-corrected chi connectivity index (χ3v) is 4.66. The minimum atomic E-state index is -0.521. The molecule has 1 heterocycles. The van der Waals surface area contributed by atoms with Crippen molar-refractivity contribution in [1.82, 2.24) is 9.80 Å². The normalized spacial score (nSPS) is 13.3. The van der Waals surface area contributed by atoms with Crippen LogP contribution in [0.4, 0.5) is 5.69 Å². The Kier molecular flexibility index (Phi) is 5.94. The number of rotatable bonds is 6. The Morgan fingerprint density at radius 1 is 1.08 bits per heavy atom. The van der Waals surface area contributed by atoms with Gasteiger partial charge in [0.1, 0.15) is 0 Å². The zero-order chi connectivity index (χ0) is 18.1. The molecule has 3 rings (SSSR count). The summed E-state index contributed by atoms with van der Waals surface area (Å²) in [7, 11) is 0. The van der Waals surface area contributed by atoms with E-state index in [-0.39, 0.29) is 36.1 Å². The largest absolute Gasteiger partial charge is 0.302 e. The Bertz CT molecular complexity index is 880. The molecule has 2 aromatic rings. The van der Waals surface area contributed by atoms with Crippen LogP contribution >= 0.6 is 12.4 Å². The summed E-state index contributed by atoms with van der Waals surface area (Å²) in [4.78, 5) is 39.6. The Morgan fingerprint density at radius 2 is 1.73 bits per heavy atom. The van der Waals surface area contributed by atoms with Gasteiger partial charge in [0, 0.05) is 36.2 Å². The molecular formula is C18H20ClN3O4. The van der Waals surface area contributed by atoms with Crippen LogP contribution in [-0.4, -0.2) is 52.7 Å². The van der Waals surface area contributed by atoms with Crippen molar-refractivity contribution >= 4 is 40.7 Å². The molecule has 1 aliphatic rings. The van der Waals surface area contributed by atoms with Crippen molar-refractivity contribution in [2.45, 2.75) is 13.8 Å². The number of non-ortho nitro benzene ring substituents is 1. The number of amides is 2. The molecule has 0 bridgehead atoms. The van der Waals surface area contributed by atoms with Crippen LogP contribution in [0.15, 0.2) is 30.3 Å². The fourth-order valence-corrected chi connectivity index (χ4v) is 3.23. The standard InChI is InChI=1S/C18H19N3O4.ClH/c1-3-19(4-2)8-9-20-17(22)14-7-5-6-12-10-13(21(24)25)11-15(16(12)14)18(20)23;/h5-7,10-11H,3-4,8-9H2,1-2H3;1H. The van der Waals surface area contributed by atoms with Gasteiger partial charge in [0.25, 0.3) is 17.5 Å². The van der Waals surface area contributed by atoms with Gasteiger partial charge in [-0.15, -0.1) is 12.4 Å². The molecule has 0 spiro atoms. The highest BCUT2D eigenvalue weighted by Crippen LogP contribution is 2.33. The van der Waals surface area contributed by atoms with E-state index in [0.717, 1.165) is 13.1 Å². The number of likely N-dealkylation sites (N-methyl/N-ethyl adjacent to an activating group) is 1. The minimum Gasteiger partial charge on any atom is -0.302 e. The molecule has 0 fully saturated rings. The molecule has 0 aliphatic carbocycles. The number of carbonyl (C=O) groups excluding carboxylic acids is 2. The number of hydrogen-bond donors (Lipinski definition) is 0. The van der Waals surface area contributed by atoms with Gasteiger partial charge in [0.15, 0.2) is 0 Å². The number of nitro groups is 1. The monoisotopic (exact) mass is 377 g/mol. The van der Waals surface area contributed by atoms with Crippen molar-refractivity contribution < 1.29 is 14.5 Å². The van der Waals surface area contributed by atoms with Crippen molar-refractivity contribution in [3.8, 4) is 0 Å². The van der Waals surface area contributed by atoms with Gasteiger partial charge in [0.05, 0.1) is 10.5 Å². The summed E-state index contributed by atoms with van der Waals surface area (Å²) in [5.74, 6) is -0.811. The predicted octanol–water partition coefficient (Wildman–Crippen LogP) is 3.11. The predicted molar refractivity (Wildman–Crippen MR) is 101 cm³/mol. The molecule has 8 heteroatoms. The number of imide groups is 1. The van der Waals surface area contributed by atoms with Crippen LogP contribution < -0.4 is 0 Å². The number of hydrogen-bond acceptors (Lipinski definition) is 5. The first kappa shape index (κ1) is 19.8. The van der Waals surface area contributed by atoms with E-state index in [0.29, 0.717) is 22.9 Å². The van der Waals surface area contributed by atoms with E-state index in [1.165, 1.54) is 17.0 Å². The van der Waals surface area contributed by atoms with E-state index in [9.17, 15) is 19.7 Å². The van der Waals surface area contributed by atoms with Gasteiger partial charge in [-0.05, 0) is 24.5 Å². The lowest BCUT2D eigenvalue weighted by atomic mass is 9.93. The van der Waals surface area contributed by atoms with E-state index in [4.69, 9.17) is 0 Å². The van der Waals surface area contributed by atoms with Crippen LogP contribution in [0.5, 0.6) is 0 Å². The van der Waals surface area contributed by atoms with Crippen LogP contribution in [0.2, 0.25) is 0 Å². The highest BCUT2D eigenvalue weighted by Gasteiger charge is 2.34. The Morgan fingerprint density at radius 3 is 2.35 bits per heavy atom. The number of carbonyl (C=O) groups is 2. The second kappa shape index (κ2) is 7.80. The molecule has 0 aromatic heterocycles. The van der Waals surface area contributed by atoms with Crippen molar-refractivity contribution in [3.63, 3.8) is 0 Å². The SMILES string of the molecule is CCN(CC)CCN1C(=O)c2cccc3cc([N+](=O)[O-])cc(c23)C1=O.Cl. The number of benzene rings is 2. The molecular weight excluding hydrogens is 358 g/mol. The summed E-state index contributed by atoms with van der Waals surface area (Å²) in [5, 5.41) is 12.2. The molecule has 138 valence electrons. The summed E-state index contributed by atoms with van der Waals surface area (Å²) in [6.07, 6.45) is 0. The number of nitrogens with zero attached hydrogens (tertiary/aromatic N) is 3. The van der Waals surface area contributed by atoms with Gasteiger partial charge in [-0.1, -0.05) is 26.0 Å². The highest BCUT2D eigenvalue weighted by atomic mass is 35.5. The first-order chi connectivity index (χ1) is 12.0. The molecule has 2 aromatic carbocycles. The van der Waals surface area contributed by atoms with E-state index >= 15 is 0 Å². The molecule has 0 radical (unpaired) electrons. The maximum absolute atomic E-state index is 12.8. The first-order valence-electron chi connectivity index (χ1n) is 8.27. The molecule has 0 atom stereocenters. The summed E-state index contributed by atoms with van der Waals surface area (Å²) >= 11 is 0. The average molecular weight is 378 g/mol. The maximum Gasteiger partial charge on any atom is 0.270 e. The van der Waals surface area contributed by atoms with E-state index in [1.54, 1.807) is 18.2 Å². The average Bonchev–Trinajstić information content (AvgIpc) is 2.62.